The Labute approximate surface area is 163 Å². The van der Waals surface area contributed by atoms with E-state index in [0.29, 0.717) is 12.3 Å². The maximum atomic E-state index is 13.4. The van der Waals surface area contributed by atoms with Gasteiger partial charge in [0.2, 0.25) is 15.9 Å². The third-order valence-electron chi connectivity index (χ3n) is 5.13. The Kier molecular flexibility index (Phi) is 4.60. The minimum Gasteiger partial charge on any atom is -0.497 e. The lowest BCUT2D eigenvalue weighted by atomic mass is 10.1. The van der Waals surface area contributed by atoms with Gasteiger partial charge in [0.25, 0.3) is 0 Å². The molecule has 1 aromatic heterocycles. The molecule has 0 bridgehead atoms. The molecule has 1 unspecified atom stereocenters. The Morgan fingerprint density at radius 1 is 1.14 bits per heavy atom. The second kappa shape index (κ2) is 6.96. The van der Waals surface area contributed by atoms with Crippen LogP contribution in [0.25, 0.3) is 10.8 Å². The van der Waals surface area contributed by atoms with E-state index in [2.05, 4.69) is 0 Å². The third-order valence-corrected chi connectivity index (χ3v) is 7.04. The highest BCUT2D eigenvalue weighted by Gasteiger charge is 2.37. The zero-order valence-electron chi connectivity index (χ0n) is 15.4. The van der Waals surface area contributed by atoms with E-state index in [1.54, 1.807) is 31.4 Å². The van der Waals surface area contributed by atoms with Crippen molar-refractivity contribution in [1.82, 2.24) is 8.87 Å². The van der Waals surface area contributed by atoms with Gasteiger partial charge in [-0.3, -0.25) is 4.79 Å². The number of ether oxygens (including phenoxy) is 1. The SMILES string of the molecule is COc1ccc2cc(S(=O)(=O)N3CCn4cccc4C3CC(N)=O)ccc2c1. The van der Waals surface area contributed by atoms with Gasteiger partial charge in [-0.1, -0.05) is 12.1 Å². The number of nitrogens with two attached hydrogens (primary N) is 1. The van der Waals surface area contributed by atoms with Crippen LogP contribution in [-0.4, -0.2) is 36.9 Å². The molecule has 0 saturated carbocycles. The number of fused-ring (bicyclic) bond motifs is 2. The third kappa shape index (κ3) is 3.14. The molecule has 0 radical (unpaired) electrons. The lowest BCUT2D eigenvalue weighted by Crippen LogP contribution is -2.43. The highest BCUT2D eigenvalue weighted by atomic mass is 32.2. The summed E-state index contributed by atoms with van der Waals surface area (Å²) in [5.41, 5.74) is 6.19. The van der Waals surface area contributed by atoms with Gasteiger partial charge in [-0.25, -0.2) is 8.42 Å². The minimum atomic E-state index is -3.80. The first-order chi connectivity index (χ1) is 13.4. The lowest BCUT2D eigenvalue weighted by Gasteiger charge is -2.35. The summed E-state index contributed by atoms with van der Waals surface area (Å²) >= 11 is 0. The average molecular weight is 399 g/mol. The van der Waals surface area contributed by atoms with Gasteiger partial charge in [0.05, 0.1) is 18.0 Å². The van der Waals surface area contributed by atoms with Crippen LogP contribution in [0.4, 0.5) is 0 Å². The van der Waals surface area contributed by atoms with E-state index in [1.165, 1.54) is 4.31 Å². The molecule has 146 valence electrons. The number of aromatic nitrogens is 1. The molecule has 2 aromatic carbocycles. The molecule has 1 atom stereocenters. The molecule has 1 amide bonds. The van der Waals surface area contributed by atoms with Gasteiger partial charge in [-0.2, -0.15) is 4.31 Å². The van der Waals surface area contributed by atoms with Crippen molar-refractivity contribution in [3.8, 4) is 5.75 Å². The molecule has 1 aliphatic rings. The normalized spacial score (nSPS) is 17.4. The number of rotatable bonds is 5. The molecule has 1 aliphatic heterocycles. The largest absolute Gasteiger partial charge is 0.497 e. The number of carbonyl (C=O) groups is 1. The summed E-state index contributed by atoms with van der Waals surface area (Å²) in [6.45, 7) is 0.810. The van der Waals surface area contributed by atoms with Crippen LogP contribution in [0.3, 0.4) is 0 Å². The number of carbonyl (C=O) groups excluding carboxylic acids is 1. The standard InChI is InChI=1S/C20H21N3O4S/c1-27-16-6-4-15-12-17(7-5-14(15)11-16)28(25,26)23-10-9-22-8-2-3-18(22)19(23)13-20(21)24/h2-8,11-12,19H,9-10,13H2,1H3,(H2,21,24). The van der Waals surface area contributed by atoms with Crippen LogP contribution in [0.2, 0.25) is 0 Å². The molecular formula is C20H21N3O4S. The summed E-state index contributed by atoms with van der Waals surface area (Å²) in [4.78, 5) is 11.8. The van der Waals surface area contributed by atoms with E-state index < -0.39 is 22.0 Å². The molecule has 2 heterocycles. The van der Waals surface area contributed by atoms with E-state index in [0.717, 1.165) is 16.5 Å². The molecule has 4 rings (SSSR count). The predicted molar refractivity (Wildman–Crippen MR) is 105 cm³/mol. The summed E-state index contributed by atoms with van der Waals surface area (Å²) in [7, 11) is -2.22. The molecule has 0 fully saturated rings. The van der Waals surface area contributed by atoms with Crippen LogP contribution in [0.15, 0.2) is 59.6 Å². The van der Waals surface area contributed by atoms with Crippen molar-refractivity contribution in [3.63, 3.8) is 0 Å². The number of amides is 1. The smallest absolute Gasteiger partial charge is 0.243 e. The number of sulfonamides is 1. The highest BCUT2D eigenvalue weighted by molar-refractivity contribution is 7.89. The summed E-state index contributed by atoms with van der Waals surface area (Å²) in [6, 6.07) is 13.6. The Hall–Kier alpha value is -2.84. The van der Waals surface area contributed by atoms with Gasteiger partial charge in [-0.15, -0.1) is 0 Å². The van der Waals surface area contributed by atoms with Crippen LogP contribution in [-0.2, 0) is 21.4 Å². The number of benzene rings is 2. The van der Waals surface area contributed by atoms with Gasteiger partial charge in [-0.05, 0) is 47.2 Å². The fourth-order valence-electron chi connectivity index (χ4n) is 3.75. The topological polar surface area (TPSA) is 94.6 Å². The second-order valence-electron chi connectivity index (χ2n) is 6.80. The Morgan fingerprint density at radius 3 is 2.64 bits per heavy atom. The van der Waals surface area contributed by atoms with Gasteiger partial charge in [0, 0.05) is 31.4 Å². The van der Waals surface area contributed by atoms with Gasteiger partial charge in [0.1, 0.15) is 5.75 Å². The number of methoxy groups -OCH3 is 1. The van der Waals surface area contributed by atoms with Crippen LogP contribution in [0.5, 0.6) is 5.75 Å². The van der Waals surface area contributed by atoms with Crippen molar-refractivity contribution in [2.24, 2.45) is 5.73 Å². The highest BCUT2D eigenvalue weighted by Crippen LogP contribution is 2.34. The van der Waals surface area contributed by atoms with E-state index in [-0.39, 0.29) is 17.9 Å². The molecule has 0 aliphatic carbocycles. The van der Waals surface area contributed by atoms with Crippen molar-refractivity contribution >= 4 is 26.7 Å². The fraction of sp³-hybridized carbons (Fsp3) is 0.250. The summed E-state index contributed by atoms with van der Waals surface area (Å²) < 4.78 is 35.4. The first-order valence-electron chi connectivity index (χ1n) is 8.93. The van der Waals surface area contributed by atoms with Gasteiger partial charge < -0.3 is 15.0 Å². The van der Waals surface area contributed by atoms with E-state index in [4.69, 9.17) is 10.5 Å². The van der Waals surface area contributed by atoms with E-state index >= 15 is 0 Å². The Bertz CT molecular complexity index is 1150. The van der Waals surface area contributed by atoms with Crippen LogP contribution in [0, 0.1) is 0 Å². The Morgan fingerprint density at radius 2 is 1.89 bits per heavy atom. The van der Waals surface area contributed by atoms with Crippen molar-refractivity contribution in [1.29, 1.82) is 0 Å². The number of nitrogens with zero attached hydrogens (tertiary/aromatic N) is 2. The number of primary amides is 1. The lowest BCUT2D eigenvalue weighted by molar-refractivity contribution is -0.119. The van der Waals surface area contributed by atoms with Crippen molar-refractivity contribution in [2.45, 2.75) is 23.9 Å². The summed E-state index contributed by atoms with van der Waals surface area (Å²) in [6.07, 6.45) is 1.82. The molecule has 8 heteroatoms. The van der Waals surface area contributed by atoms with Crippen LogP contribution >= 0.6 is 0 Å². The monoisotopic (exact) mass is 399 g/mol. The van der Waals surface area contributed by atoms with Gasteiger partial charge in [0.15, 0.2) is 0 Å². The molecule has 0 spiro atoms. The van der Waals surface area contributed by atoms with E-state index in [1.807, 2.05) is 35.0 Å². The van der Waals surface area contributed by atoms with Crippen molar-refractivity contribution < 1.29 is 17.9 Å². The number of hydrogen-bond donors (Lipinski definition) is 1. The average Bonchev–Trinajstić information content (AvgIpc) is 3.16. The quantitative estimate of drug-likeness (QED) is 0.712. The zero-order chi connectivity index (χ0) is 19.9. The van der Waals surface area contributed by atoms with Crippen LogP contribution in [0.1, 0.15) is 18.2 Å². The molecule has 3 aromatic rings. The maximum absolute atomic E-state index is 13.4. The molecule has 2 N–H and O–H groups in total. The number of hydrogen-bond acceptors (Lipinski definition) is 4. The van der Waals surface area contributed by atoms with Crippen molar-refractivity contribution in [2.75, 3.05) is 13.7 Å². The summed E-state index contributed by atoms with van der Waals surface area (Å²) in [5, 5.41) is 1.69. The first-order valence-corrected chi connectivity index (χ1v) is 10.4. The first kappa shape index (κ1) is 18.5. The van der Waals surface area contributed by atoms with Crippen LogP contribution < -0.4 is 10.5 Å². The maximum Gasteiger partial charge on any atom is 0.243 e. The zero-order valence-corrected chi connectivity index (χ0v) is 16.2. The minimum absolute atomic E-state index is 0.0615. The second-order valence-corrected chi connectivity index (χ2v) is 8.69. The van der Waals surface area contributed by atoms with E-state index in [9.17, 15) is 13.2 Å². The fourth-order valence-corrected chi connectivity index (χ4v) is 5.38. The summed E-state index contributed by atoms with van der Waals surface area (Å²) in [5.74, 6) is 0.173. The van der Waals surface area contributed by atoms with Crippen molar-refractivity contribution in [3.05, 3.63) is 60.4 Å². The Balaban J connectivity index is 1.76. The molecule has 0 saturated heterocycles. The van der Waals surface area contributed by atoms with Gasteiger partial charge >= 0.3 is 0 Å². The molecular weight excluding hydrogens is 378 g/mol. The molecule has 28 heavy (non-hydrogen) atoms. The predicted octanol–water partition coefficient (Wildman–Crippen LogP) is 2.27. The molecule has 7 nitrogen and oxygen atoms in total.